The van der Waals surface area contributed by atoms with E-state index in [1.807, 2.05) is 6.07 Å². The first kappa shape index (κ1) is 18.5. The van der Waals surface area contributed by atoms with Crippen molar-refractivity contribution in [2.75, 3.05) is 14.2 Å². The third-order valence-corrected chi connectivity index (χ3v) is 6.63. The minimum atomic E-state index is 0.902. The number of hydrogen-bond acceptors (Lipinski definition) is 2. The van der Waals surface area contributed by atoms with Crippen LogP contribution in [0.15, 0.2) is 64.7 Å². The molecule has 0 fully saturated rings. The van der Waals surface area contributed by atoms with Gasteiger partial charge in [0.25, 0.3) is 0 Å². The largest absolute Gasteiger partial charge is 0.497 e. The average molecular weight is 447 g/mol. The number of halogens is 1. The van der Waals surface area contributed by atoms with Gasteiger partial charge in [0.2, 0.25) is 0 Å². The van der Waals surface area contributed by atoms with E-state index in [0.29, 0.717) is 0 Å². The summed E-state index contributed by atoms with van der Waals surface area (Å²) in [5.41, 5.74) is 8.27. The second kappa shape index (κ2) is 7.38. The van der Waals surface area contributed by atoms with Crippen LogP contribution in [0.2, 0.25) is 0 Å². The highest BCUT2D eigenvalue weighted by molar-refractivity contribution is 9.10. The molecule has 0 amide bonds. The average Bonchev–Trinajstić information content (AvgIpc) is 2.77. The summed E-state index contributed by atoms with van der Waals surface area (Å²) in [6.07, 6.45) is 6.62. The van der Waals surface area contributed by atoms with Crippen LogP contribution in [0.1, 0.15) is 36.0 Å². The van der Waals surface area contributed by atoms with Crippen molar-refractivity contribution in [1.82, 2.24) is 0 Å². The van der Waals surface area contributed by atoms with Crippen molar-refractivity contribution in [2.45, 2.75) is 25.7 Å². The highest BCUT2D eigenvalue weighted by atomic mass is 79.9. The van der Waals surface area contributed by atoms with Crippen LogP contribution in [-0.4, -0.2) is 14.2 Å². The van der Waals surface area contributed by atoms with E-state index in [9.17, 15) is 0 Å². The van der Waals surface area contributed by atoms with Crippen LogP contribution in [0.25, 0.3) is 21.9 Å². The molecule has 3 heteroatoms. The molecule has 0 spiro atoms. The third-order valence-electron chi connectivity index (χ3n) is 6.14. The molecule has 0 bridgehead atoms. The molecule has 0 aromatic heterocycles. The summed E-state index contributed by atoms with van der Waals surface area (Å²) < 4.78 is 12.5. The van der Waals surface area contributed by atoms with Gasteiger partial charge in [0.05, 0.1) is 14.2 Å². The molecule has 2 nitrogen and oxygen atoms in total. The number of methoxy groups -OCH3 is 2. The molecule has 0 saturated heterocycles. The van der Waals surface area contributed by atoms with Gasteiger partial charge in [-0.15, -0.1) is 0 Å². The molecule has 0 atom stereocenters. The van der Waals surface area contributed by atoms with Crippen LogP contribution < -0.4 is 9.47 Å². The Labute approximate surface area is 180 Å². The zero-order valence-corrected chi connectivity index (χ0v) is 18.3. The molecule has 5 rings (SSSR count). The van der Waals surface area contributed by atoms with Crippen LogP contribution in [0.5, 0.6) is 11.5 Å². The van der Waals surface area contributed by atoms with E-state index in [2.05, 4.69) is 64.5 Å². The SMILES string of the molecule is COc1ccc2cc(OC)c3c(c2c1)CCC1=C(c2cccc(Br)c2)CCC=C13. The number of allylic oxidation sites excluding steroid dienone is 4. The summed E-state index contributed by atoms with van der Waals surface area (Å²) in [5, 5.41) is 2.48. The van der Waals surface area contributed by atoms with Gasteiger partial charge in [-0.1, -0.05) is 40.2 Å². The molecule has 0 saturated carbocycles. The third kappa shape index (κ3) is 3.08. The summed E-state index contributed by atoms with van der Waals surface area (Å²) >= 11 is 3.64. The highest BCUT2D eigenvalue weighted by Gasteiger charge is 2.28. The lowest BCUT2D eigenvalue weighted by Crippen LogP contribution is -2.12. The fourth-order valence-electron chi connectivity index (χ4n) is 4.84. The van der Waals surface area contributed by atoms with E-state index < -0.39 is 0 Å². The quantitative estimate of drug-likeness (QED) is 0.423. The number of ether oxygens (including phenoxy) is 2. The summed E-state index contributed by atoms with van der Waals surface area (Å²) in [6, 6.07) is 17.2. The molecule has 0 unspecified atom stereocenters. The van der Waals surface area contributed by atoms with E-state index in [1.54, 1.807) is 14.2 Å². The van der Waals surface area contributed by atoms with Gasteiger partial charge in [-0.05, 0) is 94.6 Å². The molecule has 0 N–H and O–H groups in total. The fraction of sp³-hybridized carbons (Fsp3) is 0.231. The van der Waals surface area contributed by atoms with E-state index in [1.165, 1.54) is 44.2 Å². The highest BCUT2D eigenvalue weighted by Crippen LogP contribution is 2.49. The Balaban J connectivity index is 1.75. The van der Waals surface area contributed by atoms with Crippen molar-refractivity contribution >= 4 is 37.8 Å². The molecular weight excluding hydrogens is 424 g/mol. The van der Waals surface area contributed by atoms with Crippen molar-refractivity contribution < 1.29 is 9.47 Å². The second-order valence-electron chi connectivity index (χ2n) is 7.64. The summed E-state index contributed by atoms with van der Waals surface area (Å²) in [4.78, 5) is 0. The minimum absolute atomic E-state index is 0.902. The van der Waals surface area contributed by atoms with E-state index in [-0.39, 0.29) is 0 Å². The Morgan fingerprint density at radius 1 is 0.862 bits per heavy atom. The molecule has 0 heterocycles. The summed E-state index contributed by atoms with van der Waals surface area (Å²) in [6.45, 7) is 0. The van der Waals surface area contributed by atoms with E-state index in [4.69, 9.17) is 9.47 Å². The van der Waals surface area contributed by atoms with Crippen LogP contribution >= 0.6 is 15.9 Å². The normalized spacial score (nSPS) is 15.6. The number of aryl methyl sites for hydroxylation is 1. The molecule has 2 aliphatic rings. The maximum Gasteiger partial charge on any atom is 0.127 e. The molecule has 3 aromatic rings. The Hall–Kier alpha value is -2.52. The van der Waals surface area contributed by atoms with Gasteiger partial charge >= 0.3 is 0 Å². The zero-order chi connectivity index (χ0) is 20.0. The predicted octanol–water partition coefficient (Wildman–Crippen LogP) is 7.20. The lowest BCUT2D eigenvalue weighted by Gasteiger charge is -2.31. The Kier molecular flexibility index (Phi) is 4.71. The van der Waals surface area contributed by atoms with E-state index in [0.717, 1.165) is 41.7 Å². The van der Waals surface area contributed by atoms with Crippen molar-refractivity contribution in [3.05, 3.63) is 81.3 Å². The zero-order valence-electron chi connectivity index (χ0n) is 16.7. The number of benzene rings is 3. The Morgan fingerprint density at radius 3 is 2.55 bits per heavy atom. The fourth-order valence-corrected chi connectivity index (χ4v) is 5.24. The lowest BCUT2D eigenvalue weighted by molar-refractivity contribution is 0.412. The van der Waals surface area contributed by atoms with Crippen LogP contribution in [0, 0.1) is 0 Å². The molecule has 0 radical (unpaired) electrons. The van der Waals surface area contributed by atoms with Gasteiger partial charge in [-0.2, -0.15) is 0 Å². The van der Waals surface area contributed by atoms with Crippen molar-refractivity contribution in [3.63, 3.8) is 0 Å². The second-order valence-corrected chi connectivity index (χ2v) is 8.56. The number of fused-ring (bicyclic) bond motifs is 5. The minimum Gasteiger partial charge on any atom is -0.497 e. The Morgan fingerprint density at radius 2 is 1.76 bits per heavy atom. The molecule has 3 aromatic carbocycles. The monoisotopic (exact) mass is 446 g/mol. The van der Waals surface area contributed by atoms with E-state index >= 15 is 0 Å². The van der Waals surface area contributed by atoms with Gasteiger partial charge < -0.3 is 9.47 Å². The topological polar surface area (TPSA) is 18.5 Å². The first-order chi connectivity index (χ1) is 14.2. The van der Waals surface area contributed by atoms with Gasteiger partial charge in [0, 0.05) is 10.0 Å². The summed E-state index contributed by atoms with van der Waals surface area (Å²) in [7, 11) is 3.51. The Bertz CT molecular complexity index is 1190. The first-order valence-corrected chi connectivity index (χ1v) is 10.9. The predicted molar refractivity (Wildman–Crippen MR) is 124 cm³/mol. The smallest absolute Gasteiger partial charge is 0.127 e. The summed E-state index contributed by atoms with van der Waals surface area (Å²) in [5.74, 6) is 1.87. The van der Waals surface area contributed by atoms with Crippen LogP contribution in [-0.2, 0) is 6.42 Å². The standard InChI is InChI=1S/C26H23BrO2/c1-28-19-10-9-17-14-25(29-2)26-22-8-4-7-20(16-5-3-6-18(27)13-16)21(22)11-12-23(26)24(17)15-19/h3,5-6,8-10,13-15H,4,7,11-12H2,1-2H3. The van der Waals surface area contributed by atoms with Crippen LogP contribution in [0.4, 0.5) is 0 Å². The molecule has 0 aliphatic heterocycles. The van der Waals surface area contributed by atoms with Gasteiger partial charge in [-0.25, -0.2) is 0 Å². The van der Waals surface area contributed by atoms with Gasteiger partial charge in [-0.3, -0.25) is 0 Å². The van der Waals surface area contributed by atoms with Crippen molar-refractivity contribution in [3.8, 4) is 11.5 Å². The molecule has 146 valence electrons. The molecule has 29 heavy (non-hydrogen) atoms. The molecule has 2 aliphatic carbocycles. The maximum absolute atomic E-state index is 5.88. The van der Waals surface area contributed by atoms with Crippen LogP contribution in [0.3, 0.4) is 0 Å². The van der Waals surface area contributed by atoms with Crippen molar-refractivity contribution in [1.29, 1.82) is 0 Å². The number of rotatable bonds is 3. The molecular formula is C26H23BrO2. The maximum atomic E-state index is 5.88. The lowest BCUT2D eigenvalue weighted by atomic mass is 9.74. The van der Waals surface area contributed by atoms with Gasteiger partial charge in [0.1, 0.15) is 11.5 Å². The van der Waals surface area contributed by atoms with Gasteiger partial charge in [0.15, 0.2) is 0 Å². The number of hydrogen-bond donors (Lipinski definition) is 0. The first-order valence-electron chi connectivity index (χ1n) is 10.1. The van der Waals surface area contributed by atoms with Crippen molar-refractivity contribution in [2.24, 2.45) is 0 Å².